The van der Waals surface area contributed by atoms with Crippen LogP contribution in [0.4, 0.5) is 20.6 Å². The molecule has 0 radical (unpaired) electrons. The van der Waals surface area contributed by atoms with E-state index in [0.717, 1.165) is 32.1 Å². The van der Waals surface area contributed by atoms with Crippen LogP contribution in [0.15, 0.2) is 53.5 Å². The maximum atomic E-state index is 13.6. The second kappa shape index (κ2) is 9.74. The molecule has 11 heteroatoms. The van der Waals surface area contributed by atoms with Crippen LogP contribution in [0.2, 0.25) is 0 Å². The Hall–Kier alpha value is -3.86. The second-order valence-corrected chi connectivity index (χ2v) is 7.90. The molecule has 0 atom stereocenters. The van der Waals surface area contributed by atoms with Crippen LogP contribution in [0, 0.1) is 15.9 Å². The maximum Gasteiger partial charge on any atom is 0.319 e. The number of carbonyl (C=O) groups is 1. The number of nitro groups is 1. The highest BCUT2D eigenvalue weighted by Gasteiger charge is 2.21. The first-order chi connectivity index (χ1) is 15.9. The van der Waals surface area contributed by atoms with Crippen molar-refractivity contribution in [2.45, 2.75) is 25.4 Å². The minimum atomic E-state index is -0.497. The van der Waals surface area contributed by atoms with Crippen LogP contribution in [0.25, 0.3) is 11.0 Å². The summed E-state index contributed by atoms with van der Waals surface area (Å²) in [6.07, 6.45) is 2.62. The van der Waals surface area contributed by atoms with E-state index in [1.165, 1.54) is 41.0 Å². The van der Waals surface area contributed by atoms with E-state index in [0.29, 0.717) is 29.8 Å². The molecule has 2 amide bonds. The molecule has 1 saturated heterocycles. The average molecular weight is 454 g/mol. The molecule has 172 valence electrons. The van der Waals surface area contributed by atoms with E-state index in [9.17, 15) is 24.1 Å². The lowest BCUT2D eigenvalue weighted by atomic mass is 10.1. The number of halogens is 1. The topological polar surface area (TPSA) is 122 Å². The van der Waals surface area contributed by atoms with Gasteiger partial charge in [0.15, 0.2) is 0 Å². The smallest absolute Gasteiger partial charge is 0.319 e. The highest BCUT2D eigenvalue weighted by atomic mass is 19.1. The van der Waals surface area contributed by atoms with Crippen LogP contribution in [0.3, 0.4) is 0 Å². The van der Waals surface area contributed by atoms with Gasteiger partial charge in [-0.1, -0.05) is 0 Å². The summed E-state index contributed by atoms with van der Waals surface area (Å²) < 4.78 is 15.2. The first-order valence-electron chi connectivity index (χ1n) is 10.6. The first-order valence-corrected chi connectivity index (χ1v) is 10.6. The molecule has 1 aromatic carbocycles. The second-order valence-electron chi connectivity index (χ2n) is 7.90. The van der Waals surface area contributed by atoms with Crippen molar-refractivity contribution in [2.24, 2.45) is 0 Å². The fraction of sp³-hybridized carbons (Fsp3) is 0.318. The van der Waals surface area contributed by atoms with Gasteiger partial charge >= 0.3 is 6.03 Å². The Balaban J connectivity index is 1.26. The highest BCUT2D eigenvalue weighted by molar-refractivity contribution is 5.89. The predicted molar refractivity (Wildman–Crippen MR) is 121 cm³/mol. The Morgan fingerprint density at radius 2 is 1.88 bits per heavy atom. The average Bonchev–Trinajstić information content (AvgIpc) is 2.79. The lowest BCUT2D eigenvalue weighted by Gasteiger charge is -2.32. The summed E-state index contributed by atoms with van der Waals surface area (Å²) in [6.45, 7) is 2.53. The largest absolute Gasteiger partial charge is 0.335 e. The first kappa shape index (κ1) is 22.3. The third-order valence-electron chi connectivity index (χ3n) is 5.70. The number of anilines is 1. The molecule has 2 N–H and O–H groups in total. The van der Waals surface area contributed by atoms with Crippen molar-refractivity contribution in [3.8, 4) is 0 Å². The fourth-order valence-corrected chi connectivity index (χ4v) is 3.93. The highest BCUT2D eigenvalue weighted by Crippen LogP contribution is 2.16. The summed E-state index contributed by atoms with van der Waals surface area (Å²) in [5, 5.41) is 16.3. The number of benzene rings is 1. The number of pyridine rings is 2. The molecule has 4 rings (SSSR count). The zero-order valence-electron chi connectivity index (χ0n) is 17.7. The predicted octanol–water partition coefficient (Wildman–Crippen LogP) is 2.73. The van der Waals surface area contributed by atoms with Crippen molar-refractivity contribution < 1.29 is 14.1 Å². The summed E-state index contributed by atoms with van der Waals surface area (Å²) in [5.74, 6) is -0.485. The Bertz CT molecular complexity index is 1220. The van der Waals surface area contributed by atoms with Crippen LogP contribution < -0.4 is 16.2 Å². The van der Waals surface area contributed by atoms with Crippen molar-refractivity contribution in [3.05, 3.63) is 74.9 Å². The number of nitrogens with zero attached hydrogens (tertiary/aromatic N) is 4. The molecule has 0 saturated carbocycles. The number of carbonyl (C=O) groups excluding carboxylic acids is 1. The third-order valence-corrected chi connectivity index (χ3v) is 5.70. The van der Waals surface area contributed by atoms with Crippen LogP contribution >= 0.6 is 0 Å². The van der Waals surface area contributed by atoms with Crippen molar-refractivity contribution in [1.29, 1.82) is 0 Å². The van der Waals surface area contributed by atoms with E-state index in [1.807, 2.05) is 0 Å². The Kier molecular flexibility index (Phi) is 6.59. The summed E-state index contributed by atoms with van der Waals surface area (Å²) in [5.41, 5.74) is 1.27. The molecule has 0 aliphatic carbocycles. The summed E-state index contributed by atoms with van der Waals surface area (Å²) >= 11 is 0. The van der Waals surface area contributed by atoms with Crippen LogP contribution in [0.1, 0.15) is 12.8 Å². The molecule has 2 aromatic heterocycles. The summed E-state index contributed by atoms with van der Waals surface area (Å²) in [6, 6.07) is 9.62. The molecular weight excluding hydrogens is 431 g/mol. The van der Waals surface area contributed by atoms with Gasteiger partial charge in [0.25, 0.3) is 11.2 Å². The molecule has 0 bridgehead atoms. The number of likely N-dealkylation sites (tertiary alicyclic amines) is 1. The quantitative estimate of drug-likeness (QED) is 0.436. The molecule has 3 aromatic rings. The molecule has 33 heavy (non-hydrogen) atoms. The number of nitrogens with one attached hydrogen (secondary N) is 2. The third kappa shape index (κ3) is 5.50. The summed E-state index contributed by atoms with van der Waals surface area (Å²) in [7, 11) is 0. The van der Waals surface area contributed by atoms with Gasteiger partial charge in [0.05, 0.1) is 22.2 Å². The molecule has 0 spiro atoms. The zero-order chi connectivity index (χ0) is 23.4. The van der Waals surface area contributed by atoms with Crippen LogP contribution in [-0.2, 0) is 6.54 Å². The molecule has 1 aliphatic rings. The van der Waals surface area contributed by atoms with Crippen LogP contribution in [-0.4, -0.2) is 51.1 Å². The number of piperidine rings is 1. The van der Waals surface area contributed by atoms with Gasteiger partial charge in [0, 0.05) is 62.2 Å². The minimum absolute atomic E-state index is 0.00197. The number of aromatic nitrogens is 2. The fourth-order valence-electron chi connectivity index (χ4n) is 3.93. The number of hydrogen-bond acceptors (Lipinski definition) is 6. The lowest BCUT2D eigenvalue weighted by molar-refractivity contribution is -0.384. The number of non-ortho nitro benzene ring substituents is 1. The van der Waals surface area contributed by atoms with Crippen molar-refractivity contribution in [3.63, 3.8) is 0 Å². The number of nitro benzene ring substituents is 1. The van der Waals surface area contributed by atoms with Gasteiger partial charge in [0.2, 0.25) is 0 Å². The van der Waals surface area contributed by atoms with E-state index in [4.69, 9.17) is 0 Å². The van der Waals surface area contributed by atoms with Crippen molar-refractivity contribution in [2.75, 3.05) is 25.0 Å². The summed E-state index contributed by atoms with van der Waals surface area (Å²) in [4.78, 5) is 41.0. The number of rotatable bonds is 6. The van der Waals surface area contributed by atoms with Gasteiger partial charge in [0.1, 0.15) is 5.82 Å². The van der Waals surface area contributed by atoms with Crippen molar-refractivity contribution >= 4 is 28.4 Å². The van der Waals surface area contributed by atoms with Gasteiger partial charge in [-0.25, -0.2) is 9.18 Å². The SMILES string of the molecule is O=C(Nc1ccc([N+](=O)[O-])cc1)NC1CCN(CCn2c(=O)ccc3ncc(F)cc32)CC1. The molecule has 0 unspecified atom stereocenters. The molecule has 3 heterocycles. The molecule has 10 nitrogen and oxygen atoms in total. The van der Waals surface area contributed by atoms with E-state index in [2.05, 4.69) is 20.5 Å². The van der Waals surface area contributed by atoms with Gasteiger partial charge in [-0.05, 0) is 31.0 Å². The van der Waals surface area contributed by atoms with Gasteiger partial charge < -0.3 is 20.1 Å². The van der Waals surface area contributed by atoms with E-state index >= 15 is 0 Å². The Morgan fingerprint density at radius 1 is 1.15 bits per heavy atom. The number of urea groups is 1. The zero-order valence-corrected chi connectivity index (χ0v) is 17.7. The Morgan fingerprint density at radius 3 is 2.58 bits per heavy atom. The van der Waals surface area contributed by atoms with Gasteiger partial charge in [-0.15, -0.1) is 0 Å². The standard InChI is InChI=1S/C22H23FN6O4/c23-15-13-20-19(24-14-15)5-6-21(30)28(20)12-11-27-9-7-17(8-10-27)26-22(31)25-16-1-3-18(4-2-16)29(32)33/h1-6,13-14,17H,7-12H2,(H2,25,26,31). The van der Waals surface area contributed by atoms with Gasteiger partial charge in [-0.2, -0.15) is 0 Å². The number of hydrogen-bond donors (Lipinski definition) is 2. The Labute approximate surface area is 188 Å². The maximum absolute atomic E-state index is 13.6. The minimum Gasteiger partial charge on any atom is -0.335 e. The molecule has 1 aliphatic heterocycles. The number of fused-ring (bicyclic) bond motifs is 1. The lowest BCUT2D eigenvalue weighted by Crippen LogP contribution is -2.46. The van der Waals surface area contributed by atoms with Crippen molar-refractivity contribution in [1.82, 2.24) is 19.8 Å². The normalized spacial score (nSPS) is 14.8. The van der Waals surface area contributed by atoms with Crippen LogP contribution in [0.5, 0.6) is 0 Å². The van der Waals surface area contributed by atoms with E-state index in [1.54, 1.807) is 6.07 Å². The van der Waals surface area contributed by atoms with E-state index < -0.39 is 10.7 Å². The monoisotopic (exact) mass is 454 g/mol. The number of amides is 2. The molecular formula is C22H23FN6O4. The van der Waals surface area contributed by atoms with E-state index in [-0.39, 0.29) is 23.3 Å². The van der Waals surface area contributed by atoms with Gasteiger partial charge in [-0.3, -0.25) is 19.9 Å². The molecule has 1 fully saturated rings.